The first-order valence-corrected chi connectivity index (χ1v) is 10.9. The van der Waals surface area contributed by atoms with Crippen molar-refractivity contribution >= 4 is 11.8 Å². The van der Waals surface area contributed by atoms with Gasteiger partial charge in [-0.05, 0) is 80.5 Å². The van der Waals surface area contributed by atoms with Crippen molar-refractivity contribution in [2.75, 3.05) is 0 Å². The number of hydrogen-bond acceptors (Lipinski definition) is 3. The van der Waals surface area contributed by atoms with Gasteiger partial charge in [-0.1, -0.05) is 25.5 Å². The number of allylic oxidation sites excluding steroid dienone is 1. The van der Waals surface area contributed by atoms with E-state index in [1.165, 1.54) is 5.57 Å². The molecule has 1 unspecified atom stereocenters. The minimum absolute atomic E-state index is 0.0281. The molecule has 0 aromatic carbocycles. The van der Waals surface area contributed by atoms with Gasteiger partial charge in [0.1, 0.15) is 11.9 Å². The molecular formula is C23H31F3O3. The molecule has 6 heteroatoms. The van der Waals surface area contributed by atoms with Crippen LogP contribution in [0.1, 0.15) is 72.1 Å². The van der Waals surface area contributed by atoms with E-state index in [9.17, 15) is 22.8 Å². The summed E-state index contributed by atoms with van der Waals surface area (Å²) in [5, 5.41) is 0. The number of hydrogen-bond donors (Lipinski definition) is 0. The van der Waals surface area contributed by atoms with E-state index in [2.05, 4.69) is 19.9 Å². The van der Waals surface area contributed by atoms with Crippen molar-refractivity contribution in [3.8, 4) is 0 Å². The quantitative estimate of drug-likeness (QED) is 0.436. The summed E-state index contributed by atoms with van der Waals surface area (Å²) < 4.78 is 42.5. The van der Waals surface area contributed by atoms with Crippen molar-refractivity contribution < 1.29 is 27.5 Å². The van der Waals surface area contributed by atoms with E-state index in [4.69, 9.17) is 4.74 Å². The van der Waals surface area contributed by atoms with Crippen LogP contribution in [0.2, 0.25) is 0 Å². The number of fused-ring (bicyclic) bond motifs is 5. The first-order chi connectivity index (χ1) is 13.5. The molecule has 3 nitrogen and oxygen atoms in total. The normalized spacial score (nSPS) is 44.2. The van der Waals surface area contributed by atoms with Crippen LogP contribution in [0.4, 0.5) is 13.2 Å². The molecule has 0 radical (unpaired) electrons. The van der Waals surface area contributed by atoms with E-state index < -0.39 is 18.2 Å². The van der Waals surface area contributed by atoms with Crippen LogP contribution in [0.25, 0.3) is 0 Å². The maximum Gasteiger partial charge on any atom is 0.490 e. The van der Waals surface area contributed by atoms with Gasteiger partial charge in [0.25, 0.3) is 0 Å². The maximum absolute atomic E-state index is 12.6. The second kappa shape index (κ2) is 6.84. The van der Waals surface area contributed by atoms with Crippen molar-refractivity contribution in [1.29, 1.82) is 0 Å². The molecule has 0 aromatic rings. The Kier molecular flexibility index (Phi) is 4.94. The van der Waals surface area contributed by atoms with Gasteiger partial charge in [-0.15, -0.1) is 0 Å². The molecule has 0 spiro atoms. The van der Waals surface area contributed by atoms with E-state index >= 15 is 0 Å². The Morgan fingerprint density at radius 2 is 1.79 bits per heavy atom. The zero-order valence-corrected chi connectivity index (χ0v) is 17.5. The minimum Gasteiger partial charge on any atom is -0.455 e. The largest absolute Gasteiger partial charge is 0.490 e. The molecule has 162 valence electrons. The fourth-order valence-electron chi connectivity index (χ4n) is 7.61. The molecule has 0 N–H and O–H groups in total. The summed E-state index contributed by atoms with van der Waals surface area (Å²) in [7, 11) is 0. The molecule has 0 amide bonds. The van der Waals surface area contributed by atoms with Crippen molar-refractivity contribution in [1.82, 2.24) is 0 Å². The van der Waals surface area contributed by atoms with Gasteiger partial charge in [-0.25, -0.2) is 4.79 Å². The third-order valence-electron chi connectivity index (χ3n) is 9.05. The standard InChI is InChI=1S/C23H31F3O3/c1-13(27)17-6-7-18-16-5-4-14-12-15(29-20(28)23(24,25)26)8-10-21(14,2)19(16)9-11-22(17,18)3/h4,15-19H,5-12H2,1-3H3/t15?,16-,17+,18-,19-,21-,22+/m0/s1. The van der Waals surface area contributed by atoms with Gasteiger partial charge >= 0.3 is 12.1 Å². The Balaban J connectivity index is 1.53. The van der Waals surface area contributed by atoms with Gasteiger partial charge in [0.15, 0.2) is 0 Å². The van der Waals surface area contributed by atoms with Crippen LogP contribution in [-0.4, -0.2) is 24.0 Å². The third kappa shape index (κ3) is 3.25. The summed E-state index contributed by atoms with van der Waals surface area (Å²) in [5.41, 5.74) is 1.24. The SMILES string of the molecule is CC(=O)[C@H]1CC[C@H]2[C@@H]3CC=C4CC(OC(=O)C(F)(F)F)CC[C@]4(C)[C@H]3CC[C@]12C. The average molecular weight is 412 g/mol. The van der Waals surface area contributed by atoms with E-state index in [0.717, 1.165) is 38.5 Å². The summed E-state index contributed by atoms with van der Waals surface area (Å²) in [6.07, 6.45) is 3.42. The highest BCUT2D eigenvalue weighted by atomic mass is 19.4. The van der Waals surface area contributed by atoms with E-state index in [0.29, 0.717) is 36.4 Å². The smallest absolute Gasteiger partial charge is 0.455 e. The Labute approximate surface area is 170 Å². The number of carbonyl (C=O) groups is 2. The number of esters is 1. The molecule has 0 aliphatic heterocycles. The Bertz CT molecular complexity index is 742. The fourth-order valence-corrected chi connectivity index (χ4v) is 7.61. The van der Waals surface area contributed by atoms with Crippen molar-refractivity contribution in [2.24, 2.45) is 34.5 Å². The van der Waals surface area contributed by atoms with E-state index in [-0.39, 0.29) is 16.7 Å². The number of ketones is 1. The first kappa shape index (κ1) is 20.9. The monoisotopic (exact) mass is 412 g/mol. The summed E-state index contributed by atoms with van der Waals surface area (Å²) in [4.78, 5) is 23.5. The lowest BCUT2D eigenvalue weighted by Gasteiger charge is -2.58. The van der Waals surface area contributed by atoms with Crippen LogP contribution in [0.15, 0.2) is 11.6 Å². The highest BCUT2D eigenvalue weighted by Crippen LogP contribution is 2.66. The summed E-state index contributed by atoms with van der Waals surface area (Å²) in [5.74, 6) is 0.00938. The number of Topliss-reactive ketones (excluding diaryl/α,β-unsaturated/α-hetero) is 1. The first-order valence-electron chi connectivity index (χ1n) is 10.9. The molecule has 29 heavy (non-hydrogen) atoms. The van der Waals surface area contributed by atoms with Crippen LogP contribution in [0, 0.1) is 34.5 Å². The lowest BCUT2D eigenvalue weighted by atomic mass is 9.47. The van der Waals surface area contributed by atoms with E-state index in [1.807, 2.05) is 0 Å². The average Bonchev–Trinajstić information content (AvgIpc) is 2.98. The molecule has 0 bridgehead atoms. The predicted octanol–water partition coefficient (Wildman–Crippen LogP) is 5.63. The Morgan fingerprint density at radius 3 is 2.45 bits per heavy atom. The molecule has 4 aliphatic rings. The molecule has 0 heterocycles. The van der Waals surface area contributed by atoms with Crippen LogP contribution < -0.4 is 0 Å². The molecule has 4 aliphatic carbocycles. The van der Waals surface area contributed by atoms with Gasteiger partial charge in [0.05, 0.1) is 0 Å². The Hall–Kier alpha value is -1.33. The topological polar surface area (TPSA) is 43.4 Å². The summed E-state index contributed by atoms with van der Waals surface area (Å²) in [6.45, 7) is 6.30. The number of carbonyl (C=O) groups excluding carboxylic acids is 2. The second-order valence-electron chi connectivity index (χ2n) is 10.3. The third-order valence-corrected chi connectivity index (χ3v) is 9.05. The summed E-state index contributed by atoms with van der Waals surface area (Å²) >= 11 is 0. The van der Waals surface area contributed by atoms with Crippen molar-refractivity contribution in [3.63, 3.8) is 0 Å². The van der Waals surface area contributed by atoms with Crippen LogP contribution >= 0.6 is 0 Å². The predicted molar refractivity (Wildman–Crippen MR) is 102 cm³/mol. The minimum atomic E-state index is -4.93. The number of halogens is 3. The van der Waals surface area contributed by atoms with Crippen LogP contribution in [0.5, 0.6) is 0 Å². The van der Waals surface area contributed by atoms with Crippen molar-refractivity contribution in [2.45, 2.75) is 84.4 Å². The Morgan fingerprint density at radius 1 is 1.07 bits per heavy atom. The van der Waals surface area contributed by atoms with Gasteiger partial charge in [0, 0.05) is 12.3 Å². The molecule has 3 saturated carbocycles. The highest BCUT2D eigenvalue weighted by Gasteiger charge is 2.59. The van der Waals surface area contributed by atoms with Crippen LogP contribution in [-0.2, 0) is 14.3 Å². The van der Waals surface area contributed by atoms with Crippen molar-refractivity contribution in [3.05, 3.63) is 11.6 Å². The molecule has 3 fully saturated rings. The fraction of sp³-hybridized carbons (Fsp3) is 0.826. The molecular weight excluding hydrogens is 381 g/mol. The zero-order valence-electron chi connectivity index (χ0n) is 17.5. The van der Waals surface area contributed by atoms with Gasteiger partial charge in [0.2, 0.25) is 0 Å². The van der Waals surface area contributed by atoms with Gasteiger partial charge in [-0.3, -0.25) is 4.79 Å². The lowest BCUT2D eigenvalue weighted by molar-refractivity contribution is -0.206. The van der Waals surface area contributed by atoms with Gasteiger partial charge < -0.3 is 4.74 Å². The molecule has 4 rings (SSSR count). The highest BCUT2D eigenvalue weighted by molar-refractivity contribution is 5.79. The van der Waals surface area contributed by atoms with Crippen LogP contribution in [0.3, 0.4) is 0 Å². The number of rotatable bonds is 2. The summed E-state index contributed by atoms with van der Waals surface area (Å²) in [6, 6.07) is 0. The maximum atomic E-state index is 12.6. The van der Waals surface area contributed by atoms with Gasteiger partial charge in [-0.2, -0.15) is 13.2 Å². The van der Waals surface area contributed by atoms with E-state index in [1.54, 1.807) is 6.92 Å². The molecule has 0 aromatic heterocycles. The lowest BCUT2D eigenvalue weighted by Crippen LogP contribution is -2.51. The number of ether oxygens (including phenoxy) is 1. The molecule has 0 saturated heterocycles. The molecule has 7 atom stereocenters. The number of alkyl halides is 3. The second-order valence-corrected chi connectivity index (χ2v) is 10.3. The zero-order chi connectivity index (χ0) is 21.2.